The van der Waals surface area contributed by atoms with Crippen LogP contribution in [-0.4, -0.2) is 28.6 Å². The van der Waals surface area contributed by atoms with E-state index in [4.69, 9.17) is 4.74 Å². The minimum absolute atomic E-state index is 0.0285. The highest BCUT2D eigenvalue weighted by Gasteiger charge is 2.59. The molecule has 0 aromatic rings. The van der Waals surface area contributed by atoms with Gasteiger partial charge in [-0.3, -0.25) is 9.59 Å². The van der Waals surface area contributed by atoms with E-state index < -0.39 is 11.7 Å². The van der Waals surface area contributed by atoms with Gasteiger partial charge in [-0.2, -0.15) is 0 Å². The first-order valence-electron chi connectivity index (χ1n) is 6.73. The zero-order valence-corrected chi connectivity index (χ0v) is 11.4. The Morgan fingerprint density at radius 1 is 1.37 bits per heavy atom. The Morgan fingerprint density at radius 2 is 2.05 bits per heavy atom. The maximum Gasteiger partial charge on any atom is 0.309 e. The first kappa shape index (κ1) is 12.6. The van der Waals surface area contributed by atoms with E-state index in [0.717, 1.165) is 18.4 Å². The van der Waals surface area contributed by atoms with Gasteiger partial charge in [-0.15, -0.1) is 0 Å². The zero-order chi connectivity index (χ0) is 13.9. The predicted molar refractivity (Wildman–Crippen MR) is 68.2 cm³/mol. The maximum atomic E-state index is 12.1. The molecule has 0 radical (unpaired) electrons. The summed E-state index contributed by atoms with van der Waals surface area (Å²) < 4.78 is 5.43. The molecule has 1 fully saturated rings. The Hall–Kier alpha value is -1.42. The van der Waals surface area contributed by atoms with E-state index in [-0.39, 0.29) is 23.6 Å². The molecule has 102 valence electrons. The third-order valence-corrected chi connectivity index (χ3v) is 4.91. The lowest BCUT2D eigenvalue weighted by molar-refractivity contribution is -0.150. The van der Waals surface area contributed by atoms with Gasteiger partial charge in [0.1, 0.15) is 6.10 Å². The van der Waals surface area contributed by atoms with Crippen LogP contribution in [0.1, 0.15) is 33.6 Å². The molecule has 1 saturated heterocycles. The van der Waals surface area contributed by atoms with Crippen LogP contribution in [0.15, 0.2) is 22.8 Å². The number of carbonyl (C=O) groups is 2. The van der Waals surface area contributed by atoms with Gasteiger partial charge in [0.05, 0.1) is 5.92 Å². The van der Waals surface area contributed by atoms with E-state index in [1.165, 1.54) is 6.08 Å². The molecule has 3 aliphatic rings. The average Bonchev–Trinajstić information content (AvgIpc) is 2.70. The SMILES string of the molecule is CC1=CC(=O)C2=C(C)CC[C@@H]3[C@@H](OC(=O)[C@@H]3C)[C@@]12O. The number of fused-ring (bicyclic) bond motifs is 3. The van der Waals surface area contributed by atoms with Crippen LogP contribution in [0.2, 0.25) is 0 Å². The number of allylic oxidation sites excluding steroid dienone is 2. The summed E-state index contributed by atoms with van der Waals surface area (Å²) in [7, 11) is 0. The zero-order valence-electron chi connectivity index (χ0n) is 11.4. The van der Waals surface area contributed by atoms with E-state index in [1.807, 2.05) is 13.8 Å². The topological polar surface area (TPSA) is 63.6 Å². The fraction of sp³-hybridized carbons (Fsp3) is 0.600. The third-order valence-electron chi connectivity index (χ3n) is 4.91. The van der Waals surface area contributed by atoms with Gasteiger partial charge in [-0.1, -0.05) is 12.5 Å². The summed E-state index contributed by atoms with van der Waals surface area (Å²) in [5.74, 6) is -0.660. The molecule has 0 spiro atoms. The Labute approximate surface area is 112 Å². The molecule has 0 saturated carbocycles. The van der Waals surface area contributed by atoms with Crippen LogP contribution < -0.4 is 0 Å². The van der Waals surface area contributed by atoms with Gasteiger partial charge >= 0.3 is 5.97 Å². The van der Waals surface area contributed by atoms with Gasteiger partial charge in [0, 0.05) is 11.5 Å². The van der Waals surface area contributed by atoms with Gasteiger partial charge in [0.25, 0.3) is 0 Å². The van der Waals surface area contributed by atoms with Gasteiger partial charge < -0.3 is 9.84 Å². The fourth-order valence-electron chi connectivity index (χ4n) is 3.73. The second kappa shape index (κ2) is 3.79. The fourth-order valence-corrected chi connectivity index (χ4v) is 3.73. The number of hydrogen-bond donors (Lipinski definition) is 1. The number of ketones is 1. The number of rotatable bonds is 0. The van der Waals surface area contributed by atoms with E-state index in [2.05, 4.69) is 0 Å². The number of ether oxygens (including phenoxy) is 1. The lowest BCUT2D eigenvalue weighted by Gasteiger charge is -2.33. The Kier molecular flexibility index (Phi) is 2.52. The first-order chi connectivity index (χ1) is 8.87. The highest BCUT2D eigenvalue weighted by Crippen LogP contribution is 2.50. The van der Waals surface area contributed by atoms with Crippen LogP contribution in [0.3, 0.4) is 0 Å². The van der Waals surface area contributed by atoms with Gasteiger partial charge in [-0.25, -0.2) is 0 Å². The van der Waals surface area contributed by atoms with E-state index >= 15 is 0 Å². The second-order valence-electron chi connectivity index (χ2n) is 5.96. The van der Waals surface area contributed by atoms with Crippen LogP contribution in [0.4, 0.5) is 0 Å². The van der Waals surface area contributed by atoms with Crippen molar-refractivity contribution in [1.29, 1.82) is 0 Å². The monoisotopic (exact) mass is 262 g/mol. The molecule has 1 N–H and O–H groups in total. The molecular weight excluding hydrogens is 244 g/mol. The Balaban J connectivity index is 2.17. The first-order valence-corrected chi connectivity index (χ1v) is 6.73. The van der Waals surface area contributed by atoms with Crippen molar-refractivity contribution in [2.45, 2.75) is 45.3 Å². The van der Waals surface area contributed by atoms with Gasteiger partial charge in [-0.05, 0) is 38.3 Å². The van der Waals surface area contributed by atoms with Crippen molar-refractivity contribution in [3.63, 3.8) is 0 Å². The number of esters is 1. The van der Waals surface area contributed by atoms with Crippen molar-refractivity contribution >= 4 is 11.8 Å². The van der Waals surface area contributed by atoms with Crippen LogP contribution >= 0.6 is 0 Å². The summed E-state index contributed by atoms with van der Waals surface area (Å²) in [6.07, 6.45) is 2.35. The second-order valence-corrected chi connectivity index (χ2v) is 5.96. The van der Waals surface area contributed by atoms with Crippen molar-refractivity contribution < 1.29 is 19.4 Å². The molecule has 4 atom stereocenters. The van der Waals surface area contributed by atoms with Gasteiger partial charge in [0.2, 0.25) is 0 Å². The molecule has 4 heteroatoms. The highest BCUT2D eigenvalue weighted by molar-refractivity contribution is 6.11. The summed E-state index contributed by atoms with van der Waals surface area (Å²) in [5.41, 5.74) is 0.520. The molecule has 0 amide bonds. The quantitative estimate of drug-likeness (QED) is 0.672. The smallest absolute Gasteiger partial charge is 0.309 e. The number of carbonyl (C=O) groups excluding carboxylic acids is 2. The van der Waals surface area contributed by atoms with Crippen molar-refractivity contribution in [2.75, 3.05) is 0 Å². The number of hydrogen-bond acceptors (Lipinski definition) is 4. The molecule has 3 rings (SSSR count). The van der Waals surface area contributed by atoms with Crippen LogP contribution in [0, 0.1) is 11.8 Å². The highest BCUT2D eigenvalue weighted by atomic mass is 16.6. The standard InChI is InChI=1S/C15H18O4/c1-7-4-5-10-9(3)14(17)19-13(10)15(18)8(2)6-11(16)12(7)15/h6,9-10,13,18H,4-5H2,1-3H3/t9-,10+,13-,15-/m1/s1. The summed E-state index contributed by atoms with van der Waals surface area (Å²) in [6, 6.07) is 0. The predicted octanol–water partition coefficient (Wildman–Crippen LogP) is 1.53. The summed E-state index contributed by atoms with van der Waals surface area (Å²) in [5, 5.41) is 11.1. The van der Waals surface area contributed by atoms with Crippen molar-refractivity contribution in [3.8, 4) is 0 Å². The van der Waals surface area contributed by atoms with E-state index in [9.17, 15) is 14.7 Å². The van der Waals surface area contributed by atoms with Gasteiger partial charge in [0.15, 0.2) is 11.4 Å². The Bertz CT molecular complexity index is 542. The molecule has 2 aliphatic carbocycles. The molecule has 0 aromatic heterocycles. The molecule has 0 bridgehead atoms. The summed E-state index contributed by atoms with van der Waals surface area (Å²) in [4.78, 5) is 23.9. The molecule has 0 aromatic carbocycles. The van der Waals surface area contributed by atoms with Crippen LogP contribution in [-0.2, 0) is 14.3 Å². The average molecular weight is 262 g/mol. The molecule has 4 nitrogen and oxygen atoms in total. The van der Waals surface area contributed by atoms with Crippen molar-refractivity contribution in [2.24, 2.45) is 11.8 Å². The Morgan fingerprint density at radius 3 is 2.74 bits per heavy atom. The lowest BCUT2D eigenvalue weighted by atomic mass is 9.77. The normalized spacial score (nSPS) is 41.7. The molecule has 1 heterocycles. The van der Waals surface area contributed by atoms with Crippen LogP contribution in [0.5, 0.6) is 0 Å². The summed E-state index contributed by atoms with van der Waals surface area (Å²) in [6.45, 7) is 5.46. The number of aliphatic hydroxyl groups is 1. The largest absolute Gasteiger partial charge is 0.458 e. The minimum atomic E-state index is -1.41. The van der Waals surface area contributed by atoms with E-state index in [1.54, 1.807) is 6.92 Å². The van der Waals surface area contributed by atoms with Crippen molar-refractivity contribution in [3.05, 3.63) is 22.8 Å². The molecule has 19 heavy (non-hydrogen) atoms. The minimum Gasteiger partial charge on any atom is -0.458 e. The van der Waals surface area contributed by atoms with Crippen LogP contribution in [0.25, 0.3) is 0 Å². The summed E-state index contributed by atoms with van der Waals surface area (Å²) >= 11 is 0. The van der Waals surface area contributed by atoms with Crippen molar-refractivity contribution in [1.82, 2.24) is 0 Å². The molecule has 0 unspecified atom stereocenters. The third kappa shape index (κ3) is 1.43. The lowest BCUT2D eigenvalue weighted by Crippen LogP contribution is -2.47. The van der Waals surface area contributed by atoms with E-state index in [0.29, 0.717) is 11.1 Å². The molecule has 1 aliphatic heterocycles. The maximum absolute atomic E-state index is 12.1. The molecular formula is C15H18O4.